The normalized spacial score (nSPS) is 22.0. The standard InChI is InChI=1S/C20H26F2N6O/c1-13-18(23-9-14-5-3-8-17(26-14)29-20(21)22)24-12-25-19(13)28-15-6-4-7-16(28)11-27(2)10-15/h3,5,8,12,15-16,20H,4,6-7,9-11H2,1-2H3,(H,23,24,25). The largest absolute Gasteiger partial charge is 0.417 e. The summed E-state index contributed by atoms with van der Waals surface area (Å²) in [6.07, 6.45) is 5.20. The third-order valence-electron chi connectivity index (χ3n) is 5.64. The van der Waals surface area contributed by atoms with E-state index in [9.17, 15) is 8.78 Å². The molecule has 2 bridgehead atoms. The second-order valence-corrected chi connectivity index (χ2v) is 7.74. The van der Waals surface area contributed by atoms with Gasteiger partial charge in [-0.1, -0.05) is 6.07 Å². The van der Waals surface area contributed by atoms with Crippen LogP contribution in [0.1, 0.15) is 30.5 Å². The number of likely N-dealkylation sites (N-methyl/N-ethyl adjacent to an activating group) is 1. The van der Waals surface area contributed by atoms with Crippen LogP contribution < -0.4 is 15.0 Å². The number of ether oxygens (including phenoxy) is 1. The van der Waals surface area contributed by atoms with E-state index in [-0.39, 0.29) is 5.88 Å². The van der Waals surface area contributed by atoms with Crippen molar-refractivity contribution in [3.63, 3.8) is 0 Å². The van der Waals surface area contributed by atoms with Gasteiger partial charge in [0.05, 0.1) is 12.2 Å². The number of pyridine rings is 1. The number of halogens is 2. The first-order valence-corrected chi connectivity index (χ1v) is 9.94. The van der Waals surface area contributed by atoms with Crippen LogP contribution in [-0.4, -0.2) is 58.7 Å². The lowest BCUT2D eigenvalue weighted by Gasteiger charge is -2.50. The summed E-state index contributed by atoms with van der Waals surface area (Å²) >= 11 is 0. The Morgan fingerprint density at radius 3 is 2.69 bits per heavy atom. The quantitative estimate of drug-likeness (QED) is 0.794. The molecule has 0 aromatic carbocycles. The van der Waals surface area contributed by atoms with E-state index in [4.69, 9.17) is 0 Å². The number of hydrogen-bond acceptors (Lipinski definition) is 7. The minimum absolute atomic E-state index is 0.0929. The predicted octanol–water partition coefficient (Wildman–Crippen LogP) is 3.07. The highest BCUT2D eigenvalue weighted by atomic mass is 19.3. The molecule has 4 heterocycles. The molecule has 0 saturated carbocycles. The van der Waals surface area contributed by atoms with Crippen molar-refractivity contribution in [3.05, 3.63) is 35.8 Å². The molecule has 2 aromatic heterocycles. The SMILES string of the molecule is Cc1c(NCc2cccc(OC(F)F)n2)ncnc1N1C2CCCC1CN(C)C2. The van der Waals surface area contributed by atoms with Crippen molar-refractivity contribution in [3.8, 4) is 5.88 Å². The van der Waals surface area contributed by atoms with Crippen LogP contribution in [0.3, 0.4) is 0 Å². The van der Waals surface area contributed by atoms with Crippen LogP contribution in [0.4, 0.5) is 20.4 Å². The number of nitrogens with zero attached hydrogens (tertiary/aromatic N) is 5. The first-order chi connectivity index (χ1) is 14.0. The third-order valence-corrected chi connectivity index (χ3v) is 5.64. The Morgan fingerprint density at radius 2 is 1.97 bits per heavy atom. The zero-order valence-corrected chi connectivity index (χ0v) is 16.7. The van der Waals surface area contributed by atoms with Crippen LogP contribution in [0, 0.1) is 6.92 Å². The molecule has 29 heavy (non-hydrogen) atoms. The van der Waals surface area contributed by atoms with Crippen LogP contribution in [0.2, 0.25) is 0 Å². The molecule has 9 heteroatoms. The van der Waals surface area contributed by atoms with Crippen LogP contribution >= 0.6 is 0 Å². The molecule has 2 aliphatic heterocycles. The van der Waals surface area contributed by atoms with Gasteiger partial charge in [-0.3, -0.25) is 0 Å². The summed E-state index contributed by atoms with van der Waals surface area (Å²) < 4.78 is 29.2. The van der Waals surface area contributed by atoms with Gasteiger partial charge in [-0.05, 0) is 39.3 Å². The minimum atomic E-state index is -2.89. The lowest BCUT2D eigenvalue weighted by Crippen LogP contribution is -2.60. The second-order valence-electron chi connectivity index (χ2n) is 7.74. The predicted molar refractivity (Wildman–Crippen MR) is 106 cm³/mol. The van der Waals surface area contributed by atoms with Gasteiger partial charge in [0.25, 0.3) is 0 Å². The maximum atomic E-state index is 12.4. The average Bonchev–Trinajstić information content (AvgIpc) is 2.66. The van der Waals surface area contributed by atoms with Crippen LogP contribution in [0.5, 0.6) is 5.88 Å². The van der Waals surface area contributed by atoms with Gasteiger partial charge in [-0.2, -0.15) is 8.78 Å². The van der Waals surface area contributed by atoms with E-state index >= 15 is 0 Å². The summed E-state index contributed by atoms with van der Waals surface area (Å²) in [6.45, 7) is 1.58. The molecule has 2 aromatic rings. The lowest BCUT2D eigenvalue weighted by atomic mass is 9.91. The van der Waals surface area contributed by atoms with Crippen molar-refractivity contribution in [2.45, 2.75) is 51.4 Å². The van der Waals surface area contributed by atoms with Crippen LogP contribution in [-0.2, 0) is 6.54 Å². The Kier molecular flexibility index (Phi) is 5.75. The highest BCUT2D eigenvalue weighted by molar-refractivity contribution is 5.59. The summed E-state index contributed by atoms with van der Waals surface area (Å²) in [7, 11) is 2.18. The van der Waals surface area contributed by atoms with Crippen molar-refractivity contribution in [2.24, 2.45) is 0 Å². The zero-order chi connectivity index (χ0) is 20.4. The second kappa shape index (κ2) is 8.44. The molecule has 2 fully saturated rings. The molecule has 156 valence electrons. The Balaban J connectivity index is 1.50. The summed E-state index contributed by atoms with van der Waals surface area (Å²) in [6, 6.07) is 5.76. The average molecular weight is 404 g/mol. The Morgan fingerprint density at radius 1 is 1.21 bits per heavy atom. The van der Waals surface area contributed by atoms with E-state index in [1.165, 1.54) is 25.3 Å². The van der Waals surface area contributed by atoms with E-state index in [1.54, 1.807) is 18.5 Å². The summed E-state index contributed by atoms with van der Waals surface area (Å²) in [5, 5.41) is 3.27. The van der Waals surface area contributed by atoms with Gasteiger partial charge < -0.3 is 19.9 Å². The number of piperazine rings is 1. The van der Waals surface area contributed by atoms with Crippen LogP contribution in [0.15, 0.2) is 24.5 Å². The lowest BCUT2D eigenvalue weighted by molar-refractivity contribution is -0.0529. The van der Waals surface area contributed by atoms with Gasteiger partial charge >= 0.3 is 6.61 Å². The summed E-state index contributed by atoms with van der Waals surface area (Å²) in [4.78, 5) is 18.0. The maximum Gasteiger partial charge on any atom is 0.388 e. The van der Waals surface area contributed by atoms with Gasteiger partial charge in [0.15, 0.2) is 0 Å². The molecule has 1 N–H and O–H groups in total. The molecule has 4 rings (SSSR count). The van der Waals surface area contributed by atoms with Gasteiger partial charge in [-0.15, -0.1) is 0 Å². The van der Waals surface area contributed by atoms with Crippen molar-refractivity contribution in [1.82, 2.24) is 19.9 Å². The van der Waals surface area contributed by atoms with E-state index in [1.807, 2.05) is 6.92 Å². The van der Waals surface area contributed by atoms with E-state index in [0.29, 0.717) is 24.3 Å². The molecule has 2 saturated heterocycles. The fraction of sp³-hybridized carbons (Fsp3) is 0.550. The van der Waals surface area contributed by atoms with Crippen molar-refractivity contribution >= 4 is 11.6 Å². The van der Waals surface area contributed by atoms with Crippen molar-refractivity contribution in [1.29, 1.82) is 0 Å². The number of anilines is 2. The van der Waals surface area contributed by atoms with E-state index < -0.39 is 6.61 Å². The topological polar surface area (TPSA) is 66.4 Å². The van der Waals surface area contributed by atoms with E-state index in [2.05, 4.69) is 41.9 Å². The molecule has 7 nitrogen and oxygen atoms in total. The number of hydrogen-bond donors (Lipinski definition) is 1. The van der Waals surface area contributed by atoms with Crippen molar-refractivity contribution < 1.29 is 13.5 Å². The Hall–Kier alpha value is -2.55. The van der Waals surface area contributed by atoms with E-state index in [0.717, 1.165) is 30.3 Å². The first kappa shape index (κ1) is 19.8. The molecule has 0 spiro atoms. The highest BCUT2D eigenvalue weighted by Crippen LogP contribution is 2.35. The van der Waals surface area contributed by atoms with Crippen molar-refractivity contribution in [2.75, 3.05) is 30.4 Å². The fourth-order valence-electron chi connectivity index (χ4n) is 4.43. The summed E-state index contributed by atoms with van der Waals surface area (Å²) in [5.41, 5.74) is 1.59. The molecule has 0 amide bonds. The Bertz CT molecular complexity index is 837. The monoisotopic (exact) mass is 404 g/mol. The number of alkyl halides is 2. The molecular formula is C20H26F2N6O. The van der Waals surface area contributed by atoms with Gasteiger partial charge in [0, 0.05) is 36.8 Å². The molecule has 2 aliphatic rings. The first-order valence-electron chi connectivity index (χ1n) is 9.94. The summed E-state index contributed by atoms with van der Waals surface area (Å²) in [5.74, 6) is 1.62. The molecule has 2 atom stereocenters. The zero-order valence-electron chi connectivity index (χ0n) is 16.7. The molecule has 2 unspecified atom stereocenters. The number of rotatable bonds is 6. The maximum absolute atomic E-state index is 12.4. The van der Waals surface area contributed by atoms with Gasteiger partial charge in [0.1, 0.15) is 18.0 Å². The molecule has 0 aliphatic carbocycles. The fourth-order valence-corrected chi connectivity index (χ4v) is 4.43. The third kappa shape index (κ3) is 4.39. The minimum Gasteiger partial charge on any atom is -0.417 e. The van der Waals surface area contributed by atoms with Gasteiger partial charge in [-0.25, -0.2) is 15.0 Å². The number of fused-ring (bicyclic) bond motifs is 2. The number of likely N-dealkylation sites (tertiary alicyclic amines) is 1. The Labute approximate surface area is 169 Å². The number of piperidine rings is 1. The highest BCUT2D eigenvalue weighted by Gasteiger charge is 2.37. The van der Waals surface area contributed by atoms with Gasteiger partial charge in [0.2, 0.25) is 5.88 Å². The number of aromatic nitrogens is 3. The molecule has 0 radical (unpaired) electrons. The molecular weight excluding hydrogens is 378 g/mol. The smallest absolute Gasteiger partial charge is 0.388 e. The number of nitrogens with one attached hydrogen (secondary N) is 1. The van der Waals surface area contributed by atoms with Crippen LogP contribution in [0.25, 0.3) is 0 Å².